The van der Waals surface area contributed by atoms with Crippen molar-refractivity contribution in [2.75, 3.05) is 0 Å². The Hall–Kier alpha value is -0.375. The average molecular weight is 364 g/mol. The van der Waals surface area contributed by atoms with Crippen LogP contribution in [0.2, 0.25) is 0 Å². The van der Waals surface area contributed by atoms with E-state index in [9.17, 15) is 9.90 Å². The number of benzene rings is 1. The van der Waals surface area contributed by atoms with Gasteiger partial charge in [-0.2, -0.15) is 0 Å². The first kappa shape index (κ1) is 12.6. The molecular formula is C10H11HgO2. The molecule has 0 spiro atoms. The van der Waals surface area contributed by atoms with E-state index in [0.29, 0.717) is 5.56 Å². The minimum atomic E-state index is -1.10. The third kappa shape index (κ3) is 2.80. The minimum absolute atomic E-state index is 0. The second-order valence-corrected chi connectivity index (χ2v) is 3.04. The molecule has 1 aromatic carbocycles. The molecule has 65 valence electrons. The van der Waals surface area contributed by atoms with E-state index in [-0.39, 0.29) is 27.7 Å². The fourth-order valence-corrected chi connectivity index (χ4v) is 1.25. The van der Waals surface area contributed by atoms with Gasteiger partial charge in [0.2, 0.25) is 0 Å². The molecule has 3 heteroatoms. The van der Waals surface area contributed by atoms with Crippen LogP contribution in [-0.4, -0.2) is 5.97 Å². The van der Waals surface area contributed by atoms with E-state index < -0.39 is 5.97 Å². The normalized spacial score (nSPS) is 9.15. The van der Waals surface area contributed by atoms with Crippen LogP contribution in [0.15, 0.2) is 12.1 Å². The van der Waals surface area contributed by atoms with Crippen LogP contribution in [0.5, 0.6) is 0 Å². The largest absolute Gasteiger partial charge is 1.00 e. The molecule has 1 aromatic rings. The van der Waals surface area contributed by atoms with Crippen molar-refractivity contribution in [3.05, 3.63) is 34.4 Å². The number of carbonyl (C=O) groups excluding carboxylic acids is 1. The van der Waals surface area contributed by atoms with E-state index in [1.54, 1.807) is 13.0 Å². The number of aromatic carboxylic acids is 1. The maximum atomic E-state index is 10.6. The molecule has 0 atom stereocenters. The fourth-order valence-electron chi connectivity index (χ4n) is 1.25. The van der Waals surface area contributed by atoms with E-state index in [0.717, 1.165) is 16.7 Å². The number of carboxylic acid groups (broad SMARTS) is 1. The first-order valence-corrected chi connectivity index (χ1v) is 3.81. The predicted molar refractivity (Wildman–Crippen MR) is 45.0 cm³/mol. The zero-order chi connectivity index (χ0) is 9.30. The maximum absolute atomic E-state index is 10.6. The summed E-state index contributed by atoms with van der Waals surface area (Å²) in [6.45, 7) is 5.56. The predicted octanol–water partition coefficient (Wildman–Crippen LogP) is 0.973. The van der Waals surface area contributed by atoms with Gasteiger partial charge < -0.3 is 9.90 Å². The summed E-state index contributed by atoms with van der Waals surface area (Å²) in [7, 11) is 0. The summed E-state index contributed by atoms with van der Waals surface area (Å²) in [5, 5.41) is 10.6. The number of carboxylic acids is 1. The van der Waals surface area contributed by atoms with Crippen LogP contribution in [0.1, 0.15) is 27.0 Å². The quantitative estimate of drug-likeness (QED) is 0.698. The van der Waals surface area contributed by atoms with Gasteiger partial charge in [0.15, 0.2) is 0 Å². The van der Waals surface area contributed by atoms with Gasteiger partial charge in [-0.15, -0.1) is 0 Å². The standard InChI is InChI=1S/C10H12O2.Hg/c1-6-4-7(2)8(3)9(5-6)10(11)12;/h4-5H,1-3H3,(H,11,12);/q;+1/p-1. The van der Waals surface area contributed by atoms with Gasteiger partial charge in [-0.1, -0.05) is 11.6 Å². The van der Waals surface area contributed by atoms with Gasteiger partial charge in [-0.05, 0) is 38.0 Å². The molecule has 0 aliphatic rings. The Bertz CT molecular complexity index is 332. The van der Waals surface area contributed by atoms with Crippen LogP contribution in [0.4, 0.5) is 0 Å². The Labute approximate surface area is 98.5 Å². The summed E-state index contributed by atoms with van der Waals surface area (Å²) in [5.74, 6) is -1.10. The van der Waals surface area contributed by atoms with Crippen molar-refractivity contribution in [3.8, 4) is 0 Å². The Balaban J connectivity index is 0.00000144. The number of carbonyl (C=O) groups is 1. The first-order valence-electron chi connectivity index (χ1n) is 3.81. The van der Waals surface area contributed by atoms with Gasteiger partial charge in [0.25, 0.3) is 0 Å². The summed E-state index contributed by atoms with van der Waals surface area (Å²) >= 11 is 0. The van der Waals surface area contributed by atoms with Crippen LogP contribution in [0.3, 0.4) is 0 Å². The van der Waals surface area contributed by atoms with Crippen molar-refractivity contribution in [1.82, 2.24) is 0 Å². The third-order valence-electron chi connectivity index (χ3n) is 2.03. The Morgan fingerprint density at radius 2 is 1.77 bits per heavy atom. The van der Waals surface area contributed by atoms with E-state index in [4.69, 9.17) is 0 Å². The molecule has 0 aromatic heterocycles. The molecule has 0 aliphatic carbocycles. The molecule has 0 amide bonds. The zero-order valence-corrected chi connectivity index (χ0v) is 13.7. The molecule has 1 rings (SSSR count). The molecule has 2 nitrogen and oxygen atoms in total. The van der Waals surface area contributed by atoms with Crippen molar-refractivity contribution in [2.24, 2.45) is 0 Å². The molecule has 0 aliphatic heterocycles. The average Bonchev–Trinajstić information content (AvgIpc) is 1.96. The van der Waals surface area contributed by atoms with Crippen LogP contribution in [-0.2, 0) is 27.7 Å². The molecule has 1 radical (unpaired) electrons. The molecule has 0 unspecified atom stereocenters. The molecule has 0 heterocycles. The van der Waals surface area contributed by atoms with Crippen LogP contribution in [0.25, 0.3) is 0 Å². The van der Waals surface area contributed by atoms with E-state index in [2.05, 4.69) is 0 Å². The molecule has 0 N–H and O–H groups in total. The van der Waals surface area contributed by atoms with Crippen LogP contribution < -0.4 is 5.11 Å². The summed E-state index contributed by atoms with van der Waals surface area (Å²) in [4.78, 5) is 10.6. The fraction of sp³-hybridized carbons (Fsp3) is 0.300. The van der Waals surface area contributed by atoms with Gasteiger partial charge in [-0.25, -0.2) is 0 Å². The molecule has 13 heavy (non-hydrogen) atoms. The number of hydrogen-bond acceptors (Lipinski definition) is 2. The minimum Gasteiger partial charge on any atom is -0.545 e. The summed E-state index contributed by atoms with van der Waals surface area (Å²) < 4.78 is 0. The smallest absolute Gasteiger partial charge is 0.545 e. The van der Waals surface area contributed by atoms with Gasteiger partial charge in [0.1, 0.15) is 0 Å². The summed E-state index contributed by atoms with van der Waals surface area (Å²) in [6.07, 6.45) is 0. The van der Waals surface area contributed by atoms with Crippen LogP contribution in [0, 0.1) is 20.8 Å². The molecular weight excluding hydrogens is 353 g/mol. The van der Waals surface area contributed by atoms with E-state index >= 15 is 0 Å². The number of rotatable bonds is 1. The third-order valence-corrected chi connectivity index (χ3v) is 2.03. The molecule has 0 saturated heterocycles. The second-order valence-electron chi connectivity index (χ2n) is 3.04. The summed E-state index contributed by atoms with van der Waals surface area (Å²) in [6, 6.07) is 3.60. The maximum Gasteiger partial charge on any atom is 1.00 e. The van der Waals surface area contributed by atoms with Crippen molar-refractivity contribution in [2.45, 2.75) is 20.8 Å². The number of hydrogen-bond donors (Lipinski definition) is 0. The van der Waals surface area contributed by atoms with Gasteiger partial charge >= 0.3 is 27.7 Å². The first-order chi connectivity index (χ1) is 5.52. The van der Waals surface area contributed by atoms with Crippen LogP contribution >= 0.6 is 0 Å². The SMILES string of the molecule is Cc1cc(C)c(C)c(C(=O)[O-])c1.[Hg+]. The van der Waals surface area contributed by atoms with Crippen molar-refractivity contribution in [1.29, 1.82) is 0 Å². The molecule has 0 saturated carbocycles. The van der Waals surface area contributed by atoms with Gasteiger partial charge in [0.05, 0.1) is 5.97 Å². The van der Waals surface area contributed by atoms with E-state index in [1.807, 2.05) is 19.9 Å². The molecule has 0 bridgehead atoms. The van der Waals surface area contributed by atoms with Gasteiger partial charge in [-0.3, -0.25) is 0 Å². The monoisotopic (exact) mass is 365 g/mol. The van der Waals surface area contributed by atoms with Crippen molar-refractivity contribution < 1.29 is 37.6 Å². The second kappa shape index (κ2) is 4.75. The van der Waals surface area contributed by atoms with Crippen molar-refractivity contribution >= 4 is 5.97 Å². The topological polar surface area (TPSA) is 40.1 Å². The molecule has 0 fully saturated rings. The number of aryl methyl sites for hydroxylation is 2. The Morgan fingerprint density at radius 3 is 2.23 bits per heavy atom. The Morgan fingerprint density at radius 1 is 1.23 bits per heavy atom. The van der Waals surface area contributed by atoms with E-state index in [1.165, 1.54) is 0 Å². The van der Waals surface area contributed by atoms with Gasteiger partial charge in [0, 0.05) is 5.56 Å². The van der Waals surface area contributed by atoms with Crippen molar-refractivity contribution in [3.63, 3.8) is 0 Å². The summed E-state index contributed by atoms with van der Waals surface area (Å²) in [5.41, 5.74) is 3.04. The zero-order valence-electron chi connectivity index (χ0n) is 8.18. The Kier molecular flexibility index (Phi) is 4.61.